The fraction of sp³-hybridized carbons (Fsp3) is 0.286. The van der Waals surface area contributed by atoms with Gasteiger partial charge in [0.2, 0.25) is 0 Å². The lowest BCUT2D eigenvalue weighted by Gasteiger charge is -2.10. The molecule has 0 saturated carbocycles. The summed E-state index contributed by atoms with van der Waals surface area (Å²) in [4.78, 5) is 11.9. The Morgan fingerprint density at radius 2 is 1.72 bits per heavy atom. The van der Waals surface area contributed by atoms with Crippen molar-refractivity contribution in [3.05, 3.63) is 46.3 Å². The van der Waals surface area contributed by atoms with Crippen molar-refractivity contribution < 1.29 is 14.1 Å². The predicted octanol–water partition coefficient (Wildman–Crippen LogP) is 3.13. The maximum Gasteiger partial charge on any atom is 0.365 e. The third-order valence-corrected chi connectivity index (χ3v) is 2.64. The lowest BCUT2D eigenvalue weighted by Crippen LogP contribution is -2.10. The molecule has 0 aliphatic rings. The number of ether oxygens (including phenoxy) is 1. The van der Waals surface area contributed by atoms with E-state index in [-0.39, 0.29) is 5.69 Å². The molecule has 4 heteroatoms. The van der Waals surface area contributed by atoms with Crippen LogP contribution in [0.15, 0.2) is 22.7 Å². The molecule has 0 aliphatic carbocycles. The number of hydrogen-bond acceptors (Lipinski definition) is 4. The summed E-state index contributed by atoms with van der Waals surface area (Å²) in [6, 6.07) is 5.51. The second-order valence-corrected chi connectivity index (χ2v) is 4.44. The van der Waals surface area contributed by atoms with Crippen molar-refractivity contribution >= 4 is 5.97 Å². The lowest BCUT2D eigenvalue weighted by molar-refractivity contribution is 0.0721. The zero-order chi connectivity index (χ0) is 13.3. The van der Waals surface area contributed by atoms with Gasteiger partial charge in [-0.15, -0.1) is 0 Å². The zero-order valence-corrected chi connectivity index (χ0v) is 10.9. The Balaban J connectivity index is 2.27. The number of benzene rings is 1. The van der Waals surface area contributed by atoms with Crippen molar-refractivity contribution in [3.8, 4) is 5.75 Å². The first-order valence-corrected chi connectivity index (χ1v) is 5.70. The van der Waals surface area contributed by atoms with E-state index in [4.69, 9.17) is 9.26 Å². The van der Waals surface area contributed by atoms with E-state index in [0.717, 1.165) is 16.7 Å². The average Bonchev–Trinajstić information content (AvgIpc) is 2.70. The molecule has 1 aromatic heterocycles. The summed E-state index contributed by atoms with van der Waals surface area (Å²) in [6.45, 7) is 7.56. The first-order chi connectivity index (χ1) is 8.47. The molecule has 0 spiro atoms. The van der Waals surface area contributed by atoms with Crippen molar-refractivity contribution in [1.82, 2.24) is 5.16 Å². The largest absolute Gasteiger partial charge is 0.421 e. The number of aromatic nitrogens is 1. The van der Waals surface area contributed by atoms with E-state index >= 15 is 0 Å². The van der Waals surface area contributed by atoms with Crippen LogP contribution in [0.1, 0.15) is 32.9 Å². The first-order valence-electron chi connectivity index (χ1n) is 5.70. The summed E-state index contributed by atoms with van der Waals surface area (Å²) in [7, 11) is 0. The van der Waals surface area contributed by atoms with Crippen LogP contribution < -0.4 is 4.74 Å². The molecule has 0 saturated heterocycles. The number of carbonyl (C=O) groups is 1. The second kappa shape index (κ2) is 4.64. The molecule has 2 rings (SSSR count). The number of esters is 1. The van der Waals surface area contributed by atoms with Gasteiger partial charge in [-0.2, -0.15) is 0 Å². The molecule has 1 aromatic carbocycles. The van der Waals surface area contributed by atoms with Crippen LogP contribution in [0.3, 0.4) is 0 Å². The molecule has 0 unspecified atom stereocenters. The molecule has 0 N–H and O–H groups in total. The van der Waals surface area contributed by atoms with Gasteiger partial charge in [0.1, 0.15) is 11.5 Å². The van der Waals surface area contributed by atoms with Gasteiger partial charge < -0.3 is 9.26 Å². The Labute approximate surface area is 106 Å². The smallest absolute Gasteiger partial charge is 0.365 e. The molecular weight excluding hydrogens is 230 g/mol. The Morgan fingerprint density at radius 1 is 1.11 bits per heavy atom. The molecule has 0 amide bonds. The van der Waals surface area contributed by atoms with Gasteiger partial charge in [-0.25, -0.2) is 4.79 Å². The van der Waals surface area contributed by atoms with E-state index < -0.39 is 5.97 Å². The maximum atomic E-state index is 11.9. The van der Waals surface area contributed by atoms with Crippen LogP contribution in [0.2, 0.25) is 0 Å². The number of rotatable bonds is 2. The van der Waals surface area contributed by atoms with Crippen molar-refractivity contribution in [2.24, 2.45) is 0 Å². The Kier molecular flexibility index (Phi) is 3.19. The quantitative estimate of drug-likeness (QED) is 0.602. The van der Waals surface area contributed by atoms with Crippen LogP contribution in [0.5, 0.6) is 5.75 Å². The van der Waals surface area contributed by atoms with Crippen LogP contribution in [0.25, 0.3) is 0 Å². The van der Waals surface area contributed by atoms with Crippen molar-refractivity contribution in [2.75, 3.05) is 0 Å². The van der Waals surface area contributed by atoms with Crippen LogP contribution in [-0.4, -0.2) is 11.1 Å². The van der Waals surface area contributed by atoms with Crippen molar-refractivity contribution in [2.45, 2.75) is 27.7 Å². The van der Waals surface area contributed by atoms with Gasteiger partial charge in [0, 0.05) is 6.07 Å². The van der Waals surface area contributed by atoms with Crippen molar-refractivity contribution in [3.63, 3.8) is 0 Å². The van der Waals surface area contributed by atoms with Gasteiger partial charge in [0.25, 0.3) is 0 Å². The highest BCUT2D eigenvalue weighted by molar-refractivity contribution is 5.89. The highest BCUT2D eigenvalue weighted by atomic mass is 16.5. The minimum atomic E-state index is -0.498. The summed E-state index contributed by atoms with van der Waals surface area (Å²) in [5, 5.41) is 3.64. The second-order valence-electron chi connectivity index (χ2n) is 4.44. The van der Waals surface area contributed by atoms with E-state index in [1.165, 1.54) is 0 Å². The predicted molar refractivity (Wildman–Crippen MR) is 66.9 cm³/mol. The standard InChI is InChI=1S/C14H15NO3/c1-8-5-9(2)13(10(3)6-8)17-14(16)12-7-11(4)18-15-12/h5-7H,1-4H3. The Morgan fingerprint density at radius 3 is 2.22 bits per heavy atom. The van der Waals surface area contributed by atoms with Gasteiger partial charge in [-0.05, 0) is 38.8 Å². The third-order valence-electron chi connectivity index (χ3n) is 2.64. The summed E-state index contributed by atoms with van der Waals surface area (Å²) in [6.07, 6.45) is 0. The monoisotopic (exact) mass is 245 g/mol. The summed E-state index contributed by atoms with van der Waals surface area (Å²) in [5.74, 6) is 0.674. The molecule has 0 radical (unpaired) electrons. The summed E-state index contributed by atoms with van der Waals surface area (Å²) >= 11 is 0. The molecule has 0 atom stereocenters. The maximum absolute atomic E-state index is 11.9. The van der Waals surface area contributed by atoms with Crippen LogP contribution in [0.4, 0.5) is 0 Å². The van der Waals surface area contributed by atoms with Gasteiger partial charge >= 0.3 is 5.97 Å². The minimum Gasteiger partial charge on any atom is -0.421 e. The van der Waals surface area contributed by atoms with E-state index in [9.17, 15) is 4.79 Å². The average molecular weight is 245 g/mol. The van der Waals surface area contributed by atoms with E-state index in [1.54, 1.807) is 13.0 Å². The fourth-order valence-electron chi connectivity index (χ4n) is 1.94. The lowest BCUT2D eigenvalue weighted by atomic mass is 10.1. The van der Waals surface area contributed by atoms with E-state index in [0.29, 0.717) is 11.5 Å². The van der Waals surface area contributed by atoms with Crippen LogP contribution >= 0.6 is 0 Å². The normalized spacial score (nSPS) is 10.4. The Bertz CT molecular complexity index is 576. The molecule has 18 heavy (non-hydrogen) atoms. The summed E-state index contributed by atoms with van der Waals surface area (Å²) < 4.78 is 10.2. The highest BCUT2D eigenvalue weighted by Crippen LogP contribution is 2.25. The minimum absolute atomic E-state index is 0.187. The number of nitrogens with zero attached hydrogens (tertiary/aromatic N) is 1. The SMILES string of the molecule is Cc1cc(C)c(OC(=O)c2cc(C)on2)c(C)c1. The molecule has 4 nitrogen and oxygen atoms in total. The molecule has 94 valence electrons. The van der Waals surface area contributed by atoms with Crippen molar-refractivity contribution in [1.29, 1.82) is 0 Å². The van der Waals surface area contributed by atoms with E-state index in [1.807, 2.05) is 32.9 Å². The van der Waals surface area contributed by atoms with Gasteiger partial charge in [0.05, 0.1) is 0 Å². The number of carbonyl (C=O) groups excluding carboxylic acids is 1. The molecular formula is C14H15NO3. The third kappa shape index (κ3) is 2.42. The topological polar surface area (TPSA) is 52.3 Å². The molecule has 2 aromatic rings. The van der Waals surface area contributed by atoms with E-state index in [2.05, 4.69) is 5.16 Å². The van der Waals surface area contributed by atoms with Gasteiger partial charge in [-0.3, -0.25) is 0 Å². The molecule has 0 bridgehead atoms. The van der Waals surface area contributed by atoms with Gasteiger partial charge in [0.15, 0.2) is 5.69 Å². The zero-order valence-electron chi connectivity index (χ0n) is 10.9. The summed E-state index contributed by atoms with van der Waals surface area (Å²) in [5.41, 5.74) is 3.19. The fourth-order valence-corrected chi connectivity index (χ4v) is 1.94. The Hall–Kier alpha value is -2.10. The number of aryl methyl sites for hydroxylation is 4. The van der Waals surface area contributed by atoms with Crippen LogP contribution in [-0.2, 0) is 0 Å². The molecule has 0 fully saturated rings. The highest BCUT2D eigenvalue weighted by Gasteiger charge is 2.16. The molecule has 0 aliphatic heterocycles. The first kappa shape index (κ1) is 12.4. The van der Waals surface area contributed by atoms with Crippen LogP contribution in [0, 0.1) is 27.7 Å². The number of hydrogen-bond donors (Lipinski definition) is 0. The molecule has 1 heterocycles. The van der Waals surface area contributed by atoms with Gasteiger partial charge in [-0.1, -0.05) is 22.9 Å².